The molecule has 5 aromatic rings. The van der Waals surface area contributed by atoms with E-state index < -0.39 is 17.8 Å². The number of carbonyl (C=O) groups is 1. The SMILES string of the molecule is CCN1CCN(Cc2ccc(NC(=O)N3CCc4ccc(Oc5ncnn6cc(-c7cnn(C)c7)cc56)cc4C3)cc2C(F)(F)F)CC1. The second-order valence-corrected chi connectivity index (χ2v) is 12.2. The molecule has 0 aliphatic carbocycles. The molecule has 11 nitrogen and oxygen atoms in total. The van der Waals surface area contributed by atoms with Crippen molar-refractivity contribution in [3.63, 3.8) is 0 Å². The number of aromatic nitrogens is 5. The van der Waals surface area contributed by atoms with Gasteiger partial charge >= 0.3 is 12.2 Å². The van der Waals surface area contributed by atoms with Gasteiger partial charge in [-0.1, -0.05) is 19.1 Å². The van der Waals surface area contributed by atoms with Gasteiger partial charge in [0.25, 0.3) is 0 Å². The Labute approximate surface area is 275 Å². The number of benzene rings is 2. The Hall–Kier alpha value is -4.95. The first-order valence-corrected chi connectivity index (χ1v) is 16.0. The maximum Gasteiger partial charge on any atom is 0.416 e. The number of alkyl halides is 3. The molecule has 48 heavy (non-hydrogen) atoms. The molecule has 0 spiro atoms. The number of amides is 2. The van der Waals surface area contributed by atoms with Crippen LogP contribution in [0.15, 0.2) is 67.4 Å². The summed E-state index contributed by atoms with van der Waals surface area (Å²) in [6.07, 6.45) is 3.04. The fourth-order valence-electron chi connectivity index (χ4n) is 6.36. The van der Waals surface area contributed by atoms with Crippen molar-refractivity contribution < 1.29 is 22.7 Å². The number of carbonyl (C=O) groups excluding carboxylic acids is 1. The lowest BCUT2D eigenvalue weighted by molar-refractivity contribution is -0.138. The van der Waals surface area contributed by atoms with Crippen molar-refractivity contribution in [2.24, 2.45) is 7.05 Å². The minimum absolute atomic E-state index is 0.111. The van der Waals surface area contributed by atoms with Crippen molar-refractivity contribution >= 4 is 17.2 Å². The summed E-state index contributed by atoms with van der Waals surface area (Å²) >= 11 is 0. The van der Waals surface area contributed by atoms with E-state index in [9.17, 15) is 18.0 Å². The number of hydrogen-bond acceptors (Lipinski definition) is 7. The van der Waals surface area contributed by atoms with Crippen molar-refractivity contribution in [2.75, 3.05) is 44.6 Å². The number of nitrogens with one attached hydrogen (secondary N) is 1. The van der Waals surface area contributed by atoms with Crippen molar-refractivity contribution in [1.29, 1.82) is 0 Å². The van der Waals surface area contributed by atoms with E-state index in [0.717, 1.165) is 61.0 Å². The lowest BCUT2D eigenvalue weighted by atomic mass is 9.99. The van der Waals surface area contributed by atoms with E-state index >= 15 is 0 Å². The number of aryl methyl sites for hydroxylation is 1. The molecule has 1 fully saturated rings. The van der Waals surface area contributed by atoms with Crippen LogP contribution in [0, 0.1) is 0 Å². The summed E-state index contributed by atoms with van der Waals surface area (Å²) < 4.78 is 52.0. The Kier molecular flexibility index (Phi) is 8.52. The van der Waals surface area contributed by atoms with Crippen LogP contribution in [0.3, 0.4) is 0 Å². The highest BCUT2D eigenvalue weighted by molar-refractivity contribution is 5.89. The maximum absolute atomic E-state index is 14.1. The second kappa shape index (κ2) is 12.9. The smallest absolute Gasteiger partial charge is 0.416 e. The van der Waals surface area contributed by atoms with Gasteiger partial charge in [-0.25, -0.2) is 9.31 Å². The van der Waals surface area contributed by atoms with Crippen molar-refractivity contribution in [3.8, 4) is 22.8 Å². The molecular weight excluding hydrogens is 623 g/mol. The van der Waals surface area contributed by atoms with Gasteiger partial charge in [0.15, 0.2) is 0 Å². The fraction of sp³-hybridized carbons (Fsp3) is 0.353. The van der Waals surface area contributed by atoms with Gasteiger partial charge in [0.1, 0.15) is 17.6 Å². The van der Waals surface area contributed by atoms with Crippen molar-refractivity contribution in [2.45, 2.75) is 32.6 Å². The van der Waals surface area contributed by atoms with E-state index in [2.05, 4.69) is 32.3 Å². The quantitative estimate of drug-likeness (QED) is 0.241. The Morgan fingerprint density at radius 3 is 2.50 bits per heavy atom. The van der Waals surface area contributed by atoms with E-state index in [4.69, 9.17) is 4.74 Å². The minimum atomic E-state index is -4.54. The molecule has 14 heteroatoms. The molecule has 0 unspecified atom stereocenters. The van der Waals surface area contributed by atoms with Crippen LogP contribution in [-0.4, -0.2) is 84.4 Å². The number of nitrogens with zero attached hydrogens (tertiary/aromatic N) is 8. The summed E-state index contributed by atoms with van der Waals surface area (Å²) in [5, 5.41) is 11.2. The maximum atomic E-state index is 14.1. The molecule has 0 atom stereocenters. The summed E-state index contributed by atoms with van der Waals surface area (Å²) in [7, 11) is 1.85. The summed E-state index contributed by atoms with van der Waals surface area (Å²) in [5.41, 5.74) is 4.09. The van der Waals surface area contributed by atoms with Gasteiger partial charge < -0.3 is 19.9 Å². The number of ether oxygens (including phenoxy) is 1. The van der Waals surface area contributed by atoms with Crippen LogP contribution in [0.25, 0.3) is 16.6 Å². The van der Waals surface area contributed by atoms with E-state index in [0.29, 0.717) is 30.1 Å². The Bertz CT molecular complexity index is 1950. The predicted molar refractivity (Wildman–Crippen MR) is 174 cm³/mol. The minimum Gasteiger partial charge on any atom is -0.437 e. The number of fused-ring (bicyclic) bond motifs is 2. The predicted octanol–water partition coefficient (Wildman–Crippen LogP) is 5.67. The highest BCUT2D eigenvalue weighted by Gasteiger charge is 2.34. The zero-order valence-electron chi connectivity index (χ0n) is 26.7. The van der Waals surface area contributed by atoms with Gasteiger partial charge in [0, 0.05) is 82.1 Å². The molecule has 2 aliphatic heterocycles. The molecule has 5 heterocycles. The summed E-state index contributed by atoms with van der Waals surface area (Å²) in [6.45, 7) is 7.05. The Morgan fingerprint density at radius 1 is 0.938 bits per heavy atom. The fourth-order valence-corrected chi connectivity index (χ4v) is 6.36. The summed E-state index contributed by atoms with van der Waals surface area (Å²) in [4.78, 5) is 23.6. The van der Waals surface area contributed by atoms with Crippen LogP contribution in [0.5, 0.6) is 11.6 Å². The number of halogens is 3. The molecule has 1 saturated heterocycles. The van der Waals surface area contributed by atoms with Crippen LogP contribution in [0.4, 0.5) is 23.7 Å². The zero-order chi connectivity index (χ0) is 33.4. The largest absolute Gasteiger partial charge is 0.437 e. The van der Waals surface area contributed by atoms with Gasteiger partial charge in [-0.15, -0.1) is 0 Å². The molecule has 250 valence electrons. The number of urea groups is 1. The van der Waals surface area contributed by atoms with Gasteiger partial charge in [0.2, 0.25) is 5.88 Å². The molecule has 2 aliphatic rings. The van der Waals surface area contributed by atoms with Crippen molar-refractivity contribution in [3.05, 3.63) is 89.6 Å². The average molecular weight is 660 g/mol. The summed E-state index contributed by atoms with van der Waals surface area (Å²) in [5.74, 6) is 0.917. The van der Waals surface area contributed by atoms with Crippen LogP contribution in [0.2, 0.25) is 0 Å². The molecule has 0 radical (unpaired) electrons. The number of piperazine rings is 1. The van der Waals surface area contributed by atoms with Crippen LogP contribution in [-0.2, 0) is 32.7 Å². The van der Waals surface area contributed by atoms with Crippen molar-refractivity contribution in [1.82, 2.24) is 39.1 Å². The van der Waals surface area contributed by atoms with Gasteiger partial charge in [0.05, 0.1) is 11.8 Å². The van der Waals surface area contributed by atoms with Crippen LogP contribution < -0.4 is 10.1 Å². The molecule has 7 rings (SSSR count). The first-order valence-electron chi connectivity index (χ1n) is 16.0. The van der Waals surface area contributed by atoms with Crippen LogP contribution >= 0.6 is 0 Å². The third kappa shape index (κ3) is 6.71. The molecule has 0 saturated carbocycles. The van der Waals surface area contributed by atoms with E-state index in [1.807, 2.05) is 48.6 Å². The summed E-state index contributed by atoms with van der Waals surface area (Å²) in [6, 6.07) is 11.2. The highest BCUT2D eigenvalue weighted by atomic mass is 19.4. The monoisotopic (exact) mass is 659 g/mol. The van der Waals surface area contributed by atoms with E-state index in [-0.39, 0.29) is 24.3 Å². The number of hydrogen-bond donors (Lipinski definition) is 1. The van der Waals surface area contributed by atoms with Gasteiger partial charge in [-0.2, -0.15) is 28.4 Å². The lowest BCUT2D eigenvalue weighted by Crippen LogP contribution is -2.45. The second-order valence-electron chi connectivity index (χ2n) is 12.2. The number of rotatable bonds is 7. The number of likely N-dealkylation sites (N-methyl/N-ethyl adjacent to an activating group) is 1. The normalized spacial score (nSPS) is 15.9. The number of anilines is 1. The molecular formula is C34H36F3N9O2. The molecule has 3 aromatic heterocycles. The lowest BCUT2D eigenvalue weighted by Gasteiger charge is -2.34. The standard InChI is InChI=1S/C34H36F3N9O2/c1-3-43-10-12-44(13-11-43)19-24-4-6-28(16-30(24)34(35,36)37)41-33(47)45-9-8-23-5-7-29(14-25(23)20-45)48-32-31-15-26(21-46(31)40-22-38-32)27-17-39-42(2)18-27/h4-7,14-18,21-22H,3,8-13,19-20H2,1-2H3,(H,41,47). The zero-order valence-corrected chi connectivity index (χ0v) is 26.7. The van der Waals surface area contributed by atoms with Gasteiger partial charge in [-0.3, -0.25) is 9.58 Å². The van der Waals surface area contributed by atoms with E-state index in [1.165, 1.54) is 12.4 Å². The first-order chi connectivity index (χ1) is 23.1. The first kappa shape index (κ1) is 31.6. The molecule has 2 amide bonds. The molecule has 0 bridgehead atoms. The average Bonchev–Trinajstić information content (AvgIpc) is 3.72. The highest BCUT2D eigenvalue weighted by Crippen LogP contribution is 2.35. The third-order valence-electron chi connectivity index (χ3n) is 9.07. The molecule has 1 N–H and O–H groups in total. The third-order valence-corrected chi connectivity index (χ3v) is 9.07. The Morgan fingerprint density at radius 2 is 1.75 bits per heavy atom. The van der Waals surface area contributed by atoms with Crippen LogP contribution in [0.1, 0.15) is 29.2 Å². The van der Waals surface area contributed by atoms with Gasteiger partial charge in [-0.05, 0) is 60.0 Å². The van der Waals surface area contributed by atoms with E-state index in [1.54, 1.807) is 26.4 Å². The topological polar surface area (TPSA) is 96.1 Å². The Balaban J connectivity index is 1.04. The molecule has 2 aromatic carbocycles.